The van der Waals surface area contributed by atoms with Crippen molar-refractivity contribution in [3.8, 4) is 5.75 Å². The molecule has 0 aromatic heterocycles. The van der Waals surface area contributed by atoms with Gasteiger partial charge in [0.05, 0.1) is 0 Å². The van der Waals surface area contributed by atoms with Gasteiger partial charge in [-0.2, -0.15) is 0 Å². The summed E-state index contributed by atoms with van der Waals surface area (Å²) < 4.78 is 0. The van der Waals surface area contributed by atoms with Crippen LogP contribution in [0.25, 0.3) is 0 Å². The number of phenolic OH excluding ortho intramolecular Hbond substituents is 1. The van der Waals surface area contributed by atoms with Gasteiger partial charge in [0.1, 0.15) is 5.75 Å². The largest absolute Gasteiger partial charge is 0.508 e. The molecule has 1 aromatic carbocycles. The molecule has 1 unspecified atom stereocenters. The Bertz CT molecular complexity index is 421. The van der Waals surface area contributed by atoms with Gasteiger partial charge in [-0.1, -0.05) is 6.07 Å². The Labute approximate surface area is 109 Å². The van der Waals surface area contributed by atoms with E-state index in [2.05, 4.69) is 11.4 Å². The van der Waals surface area contributed by atoms with Gasteiger partial charge >= 0.3 is 0 Å². The van der Waals surface area contributed by atoms with E-state index >= 15 is 0 Å². The molecule has 1 atom stereocenters. The number of aryl methyl sites for hydroxylation is 2. The summed E-state index contributed by atoms with van der Waals surface area (Å²) in [6, 6.07) is 4.30. The lowest BCUT2D eigenvalue weighted by molar-refractivity contribution is 0.369. The van der Waals surface area contributed by atoms with Crippen molar-refractivity contribution in [1.29, 1.82) is 0 Å². The summed E-state index contributed by atoms with van der Waals surface area (Å²) in [4.78, 5) is 0. The first-order valence-electron chi connectivity index (χ1n) is 7.37. The van der Waals surface area contributed by atoms with Crippen LogP contribution < -0.4 is 5.32 Å². The highest BCUT2D eigenvalue weighted by molar-refractivity contribution is 5.43. The van der Waals surface area contributed by atoms with E-state index < -0.39 is 0 Å². The van der Waals surface area contributed by atoms with Crippen molar-refractivity contribution >= 4 is 0 Å². The van der Waals surface area contributed by atoms with E-state index in [1.807, 2.05) is 6.07 Å². The zero-order valence-corrected chi connectivity index (χ0v) is 11.0. The first kappa shape index (κ1) is 12.0. The average Bonchev–Trinajstić information content (AvgIpc) is 2.41. The van der Waals surface area contributed by atoms with E-state index in [0.29, 0.717) is 11.7 Å². The monoisotopic (exact) mass is 245 g/mol. The Hall–Kier alpha value is -1.02. The van der Waals surface area contributed by atoms with Crippen LogP contribution >= 0.6 is 0 Å². The number of phenols is 1. The summed E-state index contributed by atoms with van der Waals surface area (Å²) in [5.41, 5.74) is 4.03. The fraction of sp³-hybridized carbons (Fsp3) is 0.625. The summed E-state index contributed by atoms with van der Waals surface area (Å²) in [5.74, 6) is 1.23. The average molecular weight is 245 g/mol. The summed E-state index contributed by atoms with van der Waals surface area (Å²) in [7, 11) is 0. The summed E-state index contributed by atoms with van der Waals surface area (Å²) in [5, 5.41) is 13.6. The minimum atomic E-state index is 0.529. The van der Waals surface area contributed by atoms with E-state index in [-0.39, 0.29) is 0 Å². The topological polar surface area (TPSA) is 32.3 Å². The fourth-order valence-corrected chi connectivity index (χ4v) is 3.40. The van der Waals surface area contributed by atoms with Crippen molar-refractivity contribution in [2.45, 2.75) is 44.9 Å². The molecule has 2 aliphatic rings. The van der Waals surface area contributed by atoms with Crippen molar-refractivity contribution in [2.24, 2.45) is 5.92 Å². The highest BCUT2D eigenvalue weighted by Gasteiger charge is 2.18. The van der Waals surface area contributed by atoms with E-state index in [1.165, 1.54) is 48.8 Å². The van der Waals surface area contributed by atoms with Gasteiger partial charge in [0.15, 0.2) is 0 Å². The number of piperidine rings is 1. The van der Waals surface area contributed by atoms with Gasteiger partial charge in [-0.15, -0.1) is 0 Å². The number of hydrogen-bond donors (Lipinski definition) is 2. The fourth-order valence-electron chi connectivity index (χ4n) is 3.40. The molecule has 1 heterocycles. The van der Waals surface area contributed by atoms with E-state index in [1.54, 1.807) is 0 Å². The van der Waals surface area contributed by atoms with Crippen LogP contribution in [0.4, 0.5) is 0 Å². The molecule has 1 aliphatic heterocycles. The van der Waals surface area contributed by atoms with Gasteiger partial charge in [-0.25, -0.2) is 0 Å². The van der Waals surface area contributed by atoms with Crippen LogP contribution in [0.15, 0.2) is 12.1 Å². The second-order valence-electron chi connectivity index (χ2n) is 5.87. The lowest BCUT2D eigenvalue weighted by Crippen LogP contribution is -2.30. The molecule has 1 saturated heterocycles. The molecule has 3 rings (SSSR count). The van der Waals surface area contributed by atoms with E-state index in [4.69, 9.17) is 0 Å². The van der Waals surface area contributed by atoms with Crippen molar-refractivity contribution in [3.05, 3.63) is 28.8 Å². The maximum atomic E-state index is 10.2. The number of hydrogen-bond acceptors (Lipinski definition) is 2. The van der Waals surface area contributed by atoms with Gasteiger partial charge < -0.3 is 10.4 Å². The first-order valence-corrected chi connectivity index (χ1v) is 7.37. The molecular formula is C16H23NO. The van der Waals surface area contributed by atoms with Crippen LogP contribution in [0.2, 0.25) is 0 Å². The van der Waals surface area contributed by atoms with Gasteiger partial charge in [0.2, 0.25) is 0 Å². The van der Waals surface area contributed by atoms with Crippen LogP contribution in [0.1, 0.15) is 42.4 Å². The molecule has 0 bridgehead atoms. The molecule has 0 saturated carbocycles. The van der Waals surface area contributed by atoms with Crippen molar-refractivity contribution in [1.82, 2.24) is 5.32 Å². The minimum absolute atomic E-state index is 0.529. The maximum absolute atomic E-state index is 10.2. The highest BCUT2D eigenvalue weighted by Crippen LogP contribution is 2.30. The molecule has 1 aromatic rings. The summed E-state index contributed by atoms with van der Waals surface area (Å²) in [6.07, 6.45) is 8.53. The second-order valence-corrected chi connectivity index (χ2v) is 5.87. The number of nitrogens with one attached hydrogen (secondary N) is 1. The third-order valence-electron chi connectivity index (χ3n) is 4.45. The zero-order chi connectivity index (χ0) is 12.4. The predicted octanol–water partition coefficient (Wildman–Crippen LogP) is 2.81. The SMILES string of the molecule is Oc1cc2c(cc1CC1CCCNC1)CCCC2. The number of benzene rings is 1. The first-order chi connectivity index (χ1) is 8.83. The standard InChI is InChI=1S/C16H23NO/c18-16-10-14-6-2-1-5-13(14)9-15(16)8-12-4-3-7-17-11-12/h9-10,12,17-18H,1-8,11H2. The summed E-state index contributed by atoms with van der Waals surface area (Å²) >= 11 is 0. The van der Waals surface area contributed by atoms with Gasteiger partial charge in [0, 0.05) is 0 Å². The maximum Gasteiger partial charge on any atom is 0.119 e. The molecular weight excluding hydrogens is 222 g/mol. The lowest BCUT2D eigenvalue weighted by Gasteiger charge is -2.24. The molecule has 18 heavy (non-hydrogen) atoms. The highest BCUT2D eigenvalue weighted by atomic mass is 16.3. The molecule has 98 valence electrons. The predicted molar refractivity (Wildman–Crippen MR) is 74.0 cm³/mol. The molecule has 2 nitrogen and oxygen atoms in total. The molecule has 0 spiro atoms. The normalized spacial score (nSPS) is 23.7. The molecule has 2 N–H and O–H groups in total. The van der Waals surface area contributed by atoms with Gasteiger partial charge in [0.25, 0.3) is 0 Å². The molecule has 1 fully saturated rings. The number of fused-ring (bicyclic) bond motifs is 1. The number of aromatic hydroxyl groups is 1. The van der Waals surface area contributed by atoms with Crippen LogP contribution in [0.3, 0.4) is 0 Å². The van der Waals surface area contributed by atoms with Crippen molar-refractivity contribution in [2.75, 3.05) is 13.1 Å². The Morgan fingerprint density at radius 1 is 1.11 bits per heavy atom. The minimum Gasteiger partial charge on any atom is -0.508 e. The third-order valence-corrected chi connectivity index (χ3v) is 4.45. The van der Waals surface area contributed by atoms with Crippen molar-refractivity contribution in [3.63, 3.8) is 0 Å². The Morgan fingerprint density at radius 2 is 1.89 bits per heavy atom. The van der Waals surface area contributed by atoms with Crippen LogP contribution in [-0.4, -0.2) is 18.2 Å². The molecule has 1 aliphatic carbocycles. The smallest absolute Gasteiger partial charge is 0.119 e. The Kier molecular flexibility index (Phi) is 3.55. The van der Waals surface area contributed by atoms with Gasteiger partial charge in [-0.05, 0) is 86.7 Å². The molecule has 0 radical (unpaired) electrons. The zero-order valence-electron chi connectivity index (χ0n) is 11.0. The van der Waals surface area contributed by atoms with Crippen molar-refractivity contribution < 1.29 is 5.11 Å². The Morgan fingerprint density at radius 3 is 2.61 bits per heavy atom. The van der Waals surface area contributed by atoms with E-state index in [0.717, 1.165) is 25.9 Å². The van der Waals surface area contributed by atoms with Gasteiger partial charge in [-0.3, -0.25) is 0 Å². The second kappa shape index (κ2) is 5.31. The Balaban J connectivity index is 1.78. The molecule has 0 amide bonds. The van der Waals surface area contributed by atoms with E-state index in [9.17, 15) is 5.11 Å². The van der Waals surface area contributed by atoms with Crippen LogP contribution in [-0.2, 0) is 19.3 Å². The molecule has 2 heteroatoms. The quantitative estimate of drug-likeness (QED) is 0.839. The third kappa shape index (κ3) is 2.54. The van der Waals surface area contributed by atoms with Crippen LogP contribution in [0.5, 0.6) is 5.75 Å². The summed E-state index contributed by atoms with van der Waals surface area (Å²) in [6.45, 7) is 2.27. The van der Waals surface area contributed by atoms with Crippen LogP contribution in [0, 0.1) is 5.92 Å². The lowest BCUT2D eigenvalue weighted by atomic mass is 9.86. The number of rotatable bonds is 2.